The molecule has 0 N–H and O–H groups in total. The molecule has 3 heteroatoms. The molecule has 0 aliphatic heterocycles. The Morgan fingerprint density at radius 3 is 2.57 bits per heavy atom. The number of hydrogen-bond acceptors (Lipinski definition) is 3. The Bertz CT molecular complexity index is 506. The van der Waals surface area contributed by atoms with Crippen LogP contribution in [-0.2, 0) is 4.79 Å². The number of carbonyl (C=O) groups excluding carboxylic acids is 1. The van der Waals surface area contributed by atoms with Crippen LogP contribution in [0.3, 0.4) is 0 Å². The second-order valence-corrected chi connectivity index (χ2v) is 2.88. The third-order valence-corrected chi connectivity index (χ3v) is 2.10. The van der Waals surface area contributed by atoms with E-state index in [1.165, 1.54) is 0 Å². The van der Waals surface area contributed by atoms with Crippen LogP contribution in [0.4, 0.5) is 5.69 Å². The summed E-state index contributed by atoms with van der Waals surface area (Å²) in [5.41, 5.74) is 0.372. The molecule has 1 radical (unpaired) electrons. The molecule has 0 aromatic heterocycles. The molecule has 2 aromatic rings. The number of fused-ring (bicyclic) bond motifs is 1. The van der Waals surface area contributed by atoms with Crippen molar-refractivity contribution in [3.05, 3.63) is 46.9 Å². The molecular weight excluding hydrogens is 178 g/mol. The first kappa shape index (κ1) is 8.56. The molecule has 0 aliphatic carbocycles. The molecular formula is C11H6NO2. The van der Waals surface area contributed by atoms with Gasteiger partial charge in [-0.1, -0.05) is 30.3 Å². The molecule has 0 saturated carbocycles. The van der Waals surface area contributed by atoms with Crippen LogP contribution in [0.5, 0.6) is 0 Å². The van der Waals surface area contributed by atoms with E-state index in [2.05, 4.69) is 5.18 Å². The van der Waals surface area contributed by atoms with Gasteiger partial charge in [-0.15, -0.1) is 4.91 Å². The average Bonchev–Trinajstić information content (AvgIpc) is 2.27. The van der Waals surface area contributed by atoms with Crippen molar-refractivity contribution in [1.29, 1.82) is 0 Å². The summed E-state index contributed by atoms with van der Waals surface area (Å²) in [6.07, 6.45) is 1.69. The first-order valence-corrected chi connectivity index (χ1v) is 4.10. The topological polar surface area (TPSA) is 46.5 Å². The summed E-state index contributed by atoms with van der Waals surface area (Å²) in [6.45, 7) is 0. The van der Waals surface area contributed by atoms with Crippen molar-refractivity contribution in [1.82, 2.24) is 0 Å². The number of benzene rings is 2. The molecule has 14 heavy (non-hydrogen) atoms. The quantitative estimate of drug-likeness (QED) is 0.673. The Balaban J connectivity index is 2.90. The van der Waals surface area contributed by atoms with E-state index in [0.717, 1.165) is 5.39 Å². The van der Waals surface area contributed by atoms with Crippen molar-refractivity contribution in [3.8, 4) is 0 Å². The third kappa shape index (κ3) is 1.19. The Morgan fingerprint density at radius 1 is 1.07 bits per heavy atom. The van der Waals surface area contributed by atoms with Gasteiger partial charge >= 0.3 is 0 Å². The van der Waals surface area contributed by atoms with Crippen molar-refractivity contribution in [2.45, 2.75) is 0 Å². The zero-order valence-electron chi connectivity index (χ0n) is 7.23. The molecule has 0 spiro atoms. The summed E-state index contributed by atoms with van der Waals surface area (Å²) in [7, 11) is 0. The molecule has 67 valence electrons. The van der Waals surface area contributed by atoms with Gasteiger partial charge in [0.2, 0.25) is 6.29 Å². The van der Waals surface area contributed by atoms with Crippen LogP contribution in [0.2, 0.25) is 0 Å². The third-order valence-electron chi connectivity index (χ3n) is 2.10. The Morgan fingerprint density at radius 2 is 1.86 bits per heavy atom. The van der Waals surface area contributed by atoms with Crippen molar-refractivity contribution in [3.63, 3.8) is 0 Å². The maximum absolute atomic E-state index is 10.6. The van der Waals surface area contributed by atoms with Gasteiger partial charge in [-0.3, -0.25) is 4.79 Å². The fourth-order valence-electron chi connectivity index (χ4n) is 1.44. The highest BCUT2D eigenvalue weighted by Gasteiger charge is 2.07. The van der Waals surface area contributed by atoms with Crippen LogP contribution in [0.15, 0.2) is 41.6 Å². The van der Waals surface area contributed by atoms with Crippen LogP contribution in [0, 0.1) is 4.91 Å². The van der Waals surface area contributed by atoms with Crippen LogP contribution >= 0.6 is 0 Å². The van der Waals surface area contributed by atoms with E-state index in [1.807, 2.05) is 12.1 Å². The maximum atomic E-state index is 10.6. The number of nitroso groups, excluding NO2 is 1. The fraction of sp³-hybridized carbons (Fsp3) is 0. The van der Waals surface area contributed by atoms with Crippen molar-refractivity contribution in [2.24, 2.45) is 5.18 Å². The van der Waals surface area contributed by atoms with Crippen LogP contribution in [0.1, 0.15) is 5.56 Å². The molecule has 3 nitrogen and oxygen atoms in total. The van der Waals surface area contributed by atoms with E-state index in [0.29, 0.717) is 5.39 Å². The monoisotopic (exact) mass is 184 g/mol. The normalized spacial score (nSPS) is 10.0. The SMILES string of the molecule is O=[C]c1ccc2ccccc2c1N=O. The smallest absolute Gasteiger partial charge is 0.235 e. The van der Waals surface area contributed by atoms with Gasteiger partial charge in [0, 0.05) is 5.39 Å². The van der Waals surface area contributed by atoms with Gasteiger partial charge in [-0.05, 0) is 16.6 Å². The van der Waals surface area contributed by atoms with E-state index < -0.39 is 0 Å². The zero-order chi connectivity index (χ0) is 9.97. The summed E-state index contributed by atoms with van der Waals surface area (Å²) >= 11 is 0. The first-order chi connectivity index (χ1) is 6.86. The predicted molar refractivity (Wildman–Crippen MR) is 54.2 cm³/mol. The van der Waals surface area contributed by atoms with Gasteiger partial charge in [0.25, 0.3) is 0 Å². The molecule has 0 amide bonds. The lowest BCUT2D eigenvalue weighted by Crippen LogP contribution is -1.82. The van der Waals surface area contributed by atoms with Gasteiger partial charge < -0.3 is 0 Å². The summed E-state index contributed by atoms with van der Waals surface area (Å²) in [4.78, 5) is 21.1. The zero-order valence-corrected chi connectivity index (χ0v) is 7.23. The Labute approximate surface area is 80.3 Å². The molecule has 0 bridgehead atoms. The highest BCUT2D eigenvalue weighted by Crippen LogP contribution is 2.28. The van der Waals surface area contributed by atoms with Crippen molar-refractivity contribution < 1.29 is 4.79 Å². The predicted octanol–water partition coefficient (Wildman–Crippen LogP) is 2.70. The standard InChI is InChI=1S/C11H6NO2/c13-7-9-6-5-8-3-1-2-4-10(8)11(9)12-14/h1-6H. The second kappa shape index (κ2) is 3.38. The molecule has 0 heterocycles. The second-order valence-electron chi connectivity index (χ2n) is 2.88. The minimum absolute atomic E-state index is 0.165. The van der Waals surface area contributed by atoms with Crippen LogP contribution in [-0.4, -0.2) is 6.29 Å². The highest BCUT2D eigenvalue weighted by atomic mass is 16.3. The largest absolute Gasteiger partial charge is 0.285 e. The van der Waals surface area contributed by atoms with Crippen LogP contribution in [0.25, 0.3) is 10.8 Å². The van der Waals surface area contributed by atoms with Crippen molar-refractivity contribution in [2.75, 3.05) is 0 Å². The van der Waals surface area contributed by atoms with Crippen molar-refractivity contribution >= 4 is 22.7 Å². The Hall–Kier alpha value is -2.03. The van der Waals surface area contributed by atoms with E-state index >= 15 is 0 Å². The molecule has 0 fully saturated rings. The Kier molecular flexibility index (Phi) is 2.07. The molecule has 0 atom stereocenters. The lowest BCUT2D eigenvalue weighted by Gasteiger charge is -2.00. The molecule has 2 rings (SSSR count). The van der Waals surface area contributed by atoms with E-state index in [1.54, 1.807) is 30.6 Å². The molecule has 0 unspecified atom stereocenters. The van der Waals surface area contributed by atoms with E-state index in [4.69, 9.17) is 0 Å². The maximum Gasteiger partial charge on any atom is 0.235 e. The first-order valence-electron chi connectivity index (χ1n) is 4.10. The minimum Gasteiger partial charge on any atom is -0.285 e. The molecule has 2 aromatic carbocycles. The highest BCUT2D eigenvalue weighted by molar-refractivity contribution is 6.00. The fourth-order valence-corrected chi connectivity index (χ4v) is 1.44. The van der Waals surface area contributed by atoms with Gasteiger partial charge in [0.05, 0.1) is 5.56 Å². The molecule has 0 aliphatic rings. The number of rotatable bonds is 2. The average molecular weight is 184 g/mol. The summed E-state index contributed by atoms with van der Waals surface area (Å²) in [6, 6.07) is 10.6. The van der Waals surface area contributed by atoms with Gasteiger partial charge in [0.15, 0.2) is 0 Å². The lowest BCUT2D eigenvalue weighted by atomic mass is 10.1. The summed E-state index contributed by atoms with van der Waals surface area (Å²) in [5, 5.41) is 4.43. The number of nitrogens with zero attached hydrogens (tertiary/aromatic N) is 1. The van der Waals surface area contributed by atoms with E-state index in [-0.39, 0.29) is 11.3 Å². The van der Waals surface area contributed by atoms with Gasteiger partial charge in [-0.25, -0.2) is 0 Å². The lowest BCUT2D eigenvalue weighted by molar-refractivity contribution is 0.563. The molecule has 0 saturated heterocycles. The van der Waals surface area contributed by atoms with Crippen LogP contribution < -0.4 is 0 Å². The minimum atomic E-state index is 0.165. The summed E-state index contributed by atoms with van der Waals surface area (Å²) in [5.74, 6) is 0. The van der Waals surface area contributed by atoms with Gasteiger partial charge in [-0.2, -0.15) is 0 Å². The number of hydrogen-bond donors (Lipinski definition) is 0. The summed E-state index contributed by atoms with van der Waals surface area (Å²) < 4.78 is 0. The van der Waals surface area contributed by atoms with Gasteiger partial charge in [0.1, 0.15) is 5.69 Å². The van der Waals surface area contributed by atoms with E-state index in [9.17, 15) is 9.70 Å².